The molecule has 1 aliphatic heterocycles. The van der Waals surface area contributed by atoms with Crippen LogP contribution in [0.5, 0.6) is 0 Å². The Hall–Kier alpha value is -1.07. The highest BCUT2D eigenvalue weighted by atomic mass is 16.5. The van der Waals surface area contributed by atoms with Gasteiger partial charge in [-0.3, -0.25) is 0 Å². The van der Waals surface area contributed by atoms with E-state index in [0.717, 1.165) is 17.9 Å². The quantitative estimate of drug-likeness (QED) is 0.571. The van der Waals surface area contributed by atoms with Crippen molar-refractivity contribution >= 4 is 0 Å². The van der Waals surface area contributed by atoms with Crippen LogP contribution in [0.2, 0.25) is 0 Å². The first-order valence-corrected chi connectivity index (χ1v) is 3.91. The average molecular weight is 169 g/mol. The minimum Gasteiger partial charge on any atom is -0.427 e. The van der Waals surface area contributed by atoms with E-state index in [2.05, 4.69) is 10.3 Å². The maximum absolute atomic E-state index is 9.26. The fraction of sp³-hybridized carbons (Fsp3) is 0.571. The third kappa shape index (κ3) is 1.28. The second-order valence-electron chi connectivity index (χ2n) is 2.71. The molecule has 1 atom stereocenters. The zero-order valence-electron chi connectivity index (χ0n) is 6.60. The van der Waals surface area contributed by atoms with Crippen LogP contribution in [-0.4, -0.2) is 34.7 Å². The summed E-state index contributed by atoms with van der Waals surface area (Å²) in [6, 6.07) is 0.0127. The number of nitrogens with zero attached hydrogens (tertiary/aromatic N) is 2. The normalized spacial score (nSPS) is 24.2. The standard InChI is InChI=1S/C7H11N3O2/c11-10-3-1-9-7(10)6-5-12-4-2-8-6/h1,3,6,8,11H,2,4-5H2. The molecule has 66 valence electrons. The molecular weight excluding hydrogens is 158 g/mol. The van der Waals surface area contributed by atoms with E-state index in [1.807, 2.05) is 0 Å². The van der Waals surface area contributed by atoms with Gasteiger partial charge in [0.1, 0.15) is 0 Å². The molecule has 0 saturated carbocycles. The van der Waals surface area contributed by atoms with Gasteiger partial charge in [-0.1, -0.05) is 0 Å². The summed E-state index contributed by atoms with van der Waals surface area (Å²) < 4.78 is 6.25. The van der Waals surface area contributed by atoms with Crippen molar-refractivity contribution in [2.45, 2.75) is 6.04 Å². The molecular formula is C7H11N3O2. The smallest absolute Gasteiger partial charge is 0.163 e. The van der Waals surface area contributed by atoms with Gasteiger partial charge in [0.25, 0.3) is 0 Å². The van der Waals surface area contributed by atoms with Crippen LogP contribution in [0.1, 0.15) is 11.9 Å². The Balaban J connectivity index is 2.13. The van der Waals surface area contributed by atoms with Crippen LogP contribution in [0, 0.1) is 0 Å². The highest BCUT2D eigenvalue weighted by Gasteiger charge is 2.19. The number of imidazole rings is 1. The van der Waals surface area contributed by atoms with Gasteiger partial charge in [-0.2, -0.15) is 4.73 Å². The molecule has 1 fully saturated rings. The second-order valence-corrected chi connectivity index (χ2v) is 2.71. The van der Waals surface area contributed by atoms with Crippen LogP contribution in [0.25, 0.3) is 0 Å². The number of nitrogens with one attached hydrogen (secondary N) is 1. The number of morpholine rings is 1. The van der Waals surface area contributed by atoms with Gasteiger partial charge in [0, 0.05) is 12.7 Å². The Bertz CT molecular complexity index is 255. The highest BCUT2D eigenvalue weighted by molar-refractivity contribution is 4.98. The molecule has 0 spiro atoms. The summed E-state index contributed by atoms with van der Waals surface area (Å²) in [5.41, 5.74) is 0. The molecule has 0 aromatic carbocycles. The zero-order valence-corrected chi connectivity index (χ0v) is 6.60. The largest absolute Gasteiger partial charge is 0.427 e. The summed E-state index contributed by atoms with van der Waals surface area (Å²) in [6.07, 6.45) is 3.07. The van der Waals surface area contributed by atoms with Crippen molar-refractivity contribution in [3.63, 3.8) is 0 Å². The summed E-state index contributed by atoms with van der Waals surface area (Å²) in [7, 11) is 0. The lowest BCUT2D eigenvalue weighted by Gasteiger charge is -2.22. The summed E-state index contributed by atoms with van der Waals surface area (Å²) in [6.45, 7) is 2.09. The van der Waals surface area contributed by atoms with E-state index >= 15 is 0 Å². The van der Waals surface area contributed by atoms with Gasteiger partial charge in [-0.05, 0) is 0 Å². The van der Waals surface area contributed by atoms with Gasteiger partial charge in [0.2, 0.25) is 0 Å². The topological polar surface area (TPSA) is 59.3 Å². The van der Waals surface area contributed by atoms with Crippen molar-refractivity contribution in [2.75, 3.05) is 19.8 Å². The lowest BCUT2D eigenvalue weighted by Crippen LogP contribution is -2.36. The molecule has 1 saturated heterocycles. The lowest BCUT2D eigenvalue weighted by molar-refractivity contribution is 0.0633. The van der Waals surface area contributed by atoms with E-state index in [9.17, 15) is 5.21 Å². The van der Waals surface area contributed by atoms with Crippen LogP contribution in [0.3, 0.4) is 0 Å². The number of aromatic nitrogens is 2. The zero-order chi connectivity index (χ0) is 8.39. The third-order valence-corrected chi connectivity index (χ3v) is 1.88. The van der Waals surface area contributed by atoms with Crippen molar-refractivity contribution in [1.29, 1.82) is 0 Å². The van der Waals surface area contributed by atoms with Crippen molar-refractivity contribution in [3.8, 4) is 0 Å². The van der Waals surface area contributed by atoms with Crippen LogP contribution in [0.4, 0.5) is 0 Å². The van der Waals surface area contributed by atoms with Crippen molar-refractivity contribution in [2.24, 2.45) is 0 Å². The van der Waals surface area contributed by atoms with E-state index in [1.54, 1.807) is 6.20 Å². The van der Waals surface area contributed by atoms with Crippen LogP contribution >= 0.6 is 0 Å². The van der Waals surface area contributed by atoms with Crippen LogP contribution in [-0.2, 0) is 4.74 Å². The fourth-order valence-corrected chi connectivity index (χ4v) is 1.29. The molecule has 2 N–H and O–H groups in total. The first kappa shape index (κ1) is 7.57. The number of hydrogen-bond acceptors (Lipinski definition) is 4. The molecule has 1 aromatic heterocycles. The van der Waals surface area contributed by atoms with Crippen molar-refractivity contribution < 1.29 is 9.94 Å². The molecule has 0 aliphatic carbocycles. The Kier molecular flexibility index (Phi) is 1.97. The summed E-state index contributed by atoms with van der Waals surface area (Å²) >= 11 is 0. The molecule has 0 amide bonds. The van der Waals surface area contributed by atoms with Gasteiger partial charge in [-0.15, -0.1) is 0 Å². The minimum absolute atomic E-state index is 0.0127. The Morgan fingerprint density at radius 2 is 2.67 bits per heavy atom. The van der Waals surface area contributed by atoms with Crippen molar-refractivity contribution in [3.05, 3.63) is 18.2 Å². The molecule has 1 aliphatic rings. The third-order valence-electron chi connectivity index (χ3n) is 1.88. The molecule has 2 rings (SSSR count). The van der Waals surface area contributed by atoms with E-state index in [1.165, 1.54) is 6.20 Å². The van der Waals surface area contributed by atoms with E-state index in [0.29, 0.717) is 12.4 Å². The lowest BCUT2D eigenvalue weighted by atomic mass is 10.2. The van der Waals surface area contributed by atoms with Gasteiger partial charge < -0.3 is 15.3 Å². The molecule has 5 heteroatoms. The van der Waals surface area contributed by atoms with Crippen LogP contribution in [0.15, 0.2) is 12.4 Å². The average Bonchev–Trinajstić information content (AvgIpc) is 2.53. The molecule has 5 nitrogen and oxygen atoms in total. The molecule has 1 aromatic rings. The van der Waals surface area contributed by atoms with Gasteiger partial charge in [0.05, 0.1) is 25.5 Å². The van der Waals surface area contributed by atoms with Gasteiger partial charge in [0.15, 0.2) is 5.82 Å². The fourth-order valence-electron chi connectivity index (χ4n) is 1.29. The number of hydrogen-bond donors (Lipinski definition) is 2. The molecule has 1 unspecified atom stereocenters. The minimum atomic E-state index is 0.0127. The molecule has 0 bridgehead atoms. The summed E-state index contributed by atoms with van der Waals surface area (Å²) in [4.78, 5) is 4.01. The maximum Gasteiger partial charge on any atom is 0.163 e. The van der Waals surface area contributed by atoms with E-state index in [4.69, 9.17) is 4.74 Å². The predicted octanol–water partition coefficient (Wildman–Crippen LogP) is -0.219. The van der Waals surface area contributed by atoms with E-state index < -0.39 is 0 Å². The molecule has 2 heterocycles. The van der Waals surface area contributed by atoms with Crippen LogP contribution < -0.4 is 5.32 Å². The molecule has 12 heavy (non-hydrogen) atoms. The maximum atomic E-state index is 9.26. The first-order valence-electron chi connectivity index (χ1n) is 3.91. The second kappa shape index (κ2) is 3.12. The molecule has 0 radical (unpaired) electrons. The number of rotatable bonds is 1. The Morgan fingerprint density at radius 1 is 1.75 bits per heavy atom. The Labute approximate surface area is 69.9 Å². The highest BCUT2D eigenvalue weighted by Crippen LogP contribution is 2.11. The van der Waals surface area contributed by atoms with Crippen molar-refractivity contribution in [1.82, 2.24) is 15.0 Å². The van der Waals surface area contributed by atoms with Gasteiger partial charge in [-0.25, -0.2) is 4.98 Å². The van der Waals surface area contributed by atoms with Gasteiger partial charge >= 0.3 is 0 Å². The first-order chi connectivity index (χ1) is 5.88. The number of ether oxygens (including phenoxy) is 1. The van der Waals surface area contributed by atoms with E-state index in [-0.39, 0.29) is 6.04 Å². The summed E-state index contributed by atoms with van der Waals surface area (Å²) in [5.74, 6) is 0.606. The monoisotopic (exact) mass is 169 g/mol. The Morgan fingerprint density at radius 3 is 3.25 bits per heavy atom. The SMILES string of the molecule is On1ccnc1C1COCCN1. The summed E-state index contributed by atoms with van der Waals surface area (Å²) in [5, 5.41) is 12.5. The predicted molar refractivity (Wildman–Crippen MR) is 41.0 cm³/mol.